The van der Waals surface area contributed by atoms with Crippen LogP contribution < -0.4 is 5.32 Å². The van der Waals surface area contributed by atoms with Crippen molar-refractivity contribution in [3.63, 3.8) is 0 Å². The van der Waals surface area contributed by atoms with E-state index in [1.54, 1.807) is 0 Å². The van der Waals surface area contributed by atoms with Crippen molar-refractivity contribution in [2.75, 3.05) is 6.54 Å². The molecule has 0 aromatic rings. The third-order valence-electron chi connectivity index (χ3n) is 1.28. The van der Waals surface area contributed by atoms with E-state index in [-0.39, 0.29) is 0 Å². The minimum Gasteiger partial charge on any atom is -0.314 e. The predicted molar refractivity (Wildman–Crippen MR) is 53.9 cm³/mol. The topological polar surface area (TPSA) is 35.8 Å². The highest BCUT2D eigenvalue weighted by atomic mass is 14.9. The zero-order chi connectivity index (χ0) is 9.82. The molecule has 1 atom stereocenters. The van der Waals surface area contributed by atoms with Gasteiger partial charge < -0.3 is 5.32 Å². The van der Waals surface area contributed by atoms with E-state index in [0.29, 0.717) is 12.5 Å². The first-order valence-corrected chi connectivity index (χ1v) is 4.40. The predicted octanol–water partition coefficient (Wildman–Crippen LogP) is 2.48. The van der Waals surface area contributed by atoms with Crippen LogP contribution in [-0.2, 0) is 0 Å². The summed E-state index contributed by atoms with van der Waals surface area (Å²) in [6.07, 6.45) is 4.61. The zero-order valence-electron chi connectivity index (χ0n) is 8.59. The molecule has 0 saturated carbocycles. The molecule has 0 aliphatic carbocycles. The molecule has 0 aromatic heterocycles. The summed E-state index contributed by atoms with van der Waals surface area (Å²) in [5, 5.41) is 11.3. The van der Waals surface area contributed by atoms with Gasteiger partial charge in [-0.1, -0.05) is 19.1 Å². The lowest BCUT2D eigenvalue weighted by atomic mass is 10.2. The molecule has 2 nitrogen and oxygen atoms in total. The van der Waals surface area contributed by atoms with Crippen molar-refractivity contribution in [3.8, 4) is 6.07 Å². The quantitative estimate of drug-likeness (QED) is 0.657. The number of nitriles is 1. The minimum atomic E-state index is 0.352. The van der Waals surface area contributed by atoms with Crippen molar-refractivity contribution in [3.05, 3.63) is 12.2 Å². The summed E-state index contributed by atoms with van der Waals surface area (Å²) >= 11 is 0. The van der Waals surface area contributed by atoms with Gasteiger partial charge in [0.15, 0.2) is 0 Å². The molecular weight excluding hydrogens is 148 g/mol. The van der Waals surface area contributed by atoms with Gasteiger partial charge in [0.05, 0.1) is 12.5 Å². The Morgan fingerprint density at radius 2 is 1.92 bits per heavy atom. The summed E-state index contributed by atoms with van der Waals surface area (Å²) < 4.78 is 0. The lowest BCUT2D eigenvalue weighted by Gasteiger charge is -2.04. The maximum Gasteiger partial charge on any atom is 0.0638 e. The van der Waals surface area contributed by atoms with Gasteiger partial charge in [0, 0.05) is 6.04 Å². The fraction of sp³-hybridized carbons (Fsp3) is 0.700. The van der Waals surface area contributed by atoms with Crippen LogP contribution in [0.2, 0.25) is 0 Å². The van der Waals surface area contributed by atoms with Crippen LogP contribution in [0.5, 0.6) is 0 Å². The highest BCUT2D eigenvalue weighted by Gasteiger charge is 1.94. The molecule has 0 saturated heterocycles. The normalized spacial score (nSPS) is 11.6. The molecule has 12 heavy (non-hydrogen) atoms. The van der Waals surface area contributed by atoms with Crippen LogP contribution in [0.1, 0.15) is 34.1 Å². The lowest BCUT2D eigenvalue weighted by Crippen LogP contribution is -2.24. The van der Waals surface area contributed by atoms with Gasteiger partial charge in [0.25, 0.3) is 0 Å². The summed E-state index contributed by atoms with van der Waals surface area (Å²) in [4.78, 5) is 0. The molecule has 0 fully saturated rings. The lowest BCUT2D eigenvalue weighted by molar-refractivity contribution is 0.578. The molecule has 70 valence electrons. The van der Waals surface area contributed by atoms with Crippen LogP contribution in [-0.4, -0.2) is 12.6 Å². The fourth-order valence-corrected chi connectivity index (χ4v) is 0.558. The van der Waals surface area contributed by atoms with Crippen LogP contribution in [0.25, 0.3) is 0 Å². The average Bonchev–Trinajstić information content (AvgIpc) is 2.06. The van der Waals surface area contributed by atoms with Crippen molar-refractivity contribution in [1.82, 2.24) is 5.32 Å². The van der Waals surface area contributed by atoms with Gasteiger partial charge in [-0.3, -0.25) is 0 Å². The first-order valence-electron chi connectivity index (χ1n) is 4.40. The Morgan fingerprint density at radius 1 is 1.42 bits per heavy atom. The Labute approximate surface area is 76.3 Å². The molecule has 2 heteroatoms. The summed E-state index contributed by atoms with van der Waals surface area (Å²) in [6, 6.07) is 2.44. The minimum absolute atomic E-state index is 0.352. The standard InChI is InChI=1S/C6H12N2.C4H8/c1-3-8-6(2)4-5-7;1-3-4-2/h6,8H,3-4H2,1-2H3;3-4H,1-2H3. The monoisotopic (exact) mass is 168 g/mol. The number of rotatable bonds is 3. The first-order chi connectivity index (χ1) is 5.72. The van der Waals surface area contributed by atoms with E-state index in [0.717, 1.165) is 6.54 Å². The Morgan fingerprint density at radius 3 is 2.17 bits per heavy atom. The summed E-state index contributed by atoms with van der Waals surface area (Å²) in [5.41, 5.74) is 0. The zero-order valence-corrected chi connectivity index (χ0v) is 8.59. The SMILES string of the molecule is CC=CC.CCNC(C)CC#N. The third-order valence-corrected chi connectivity index (χ3v) is 1.28. The number of nitrogens with one attached hydrogen (secondary N) is 1. The third kappa shape index (κ3) is 16.1. The van der Waals surface area contributed by atoms with Crippen LogP contribution in [0.3, 0.4) is 0 Å². The van der Waals surface area contributed by atoms with E-state index < -0.39 is 0 Å². The molecule has 0 aliphatic heterocycles. The second-order valence-electron chi connectivity index (χ2n) is 2.49. The Bertz CT molecular complexity index is 129. The van der Waals surface area contributed by atoms with E-state index in [1.807, 2.05) is 39.8 Å². The number of nitrogens with zero attached hydrogens (tertiary/aromatic N) is 1. The first kappa shape index (κ1) is 13.8. The summed E-state index contributed by atoms with van der Waals surface area (Å²) in [5.74, 6) is 0. The van der Waals surface area contributed by atoms with Gasteiger partial charge in [-0.15, -0.1) is 0 Å². The average molecular weight is 168 g/mol. The van der Waals surface area contributed by atoms with Gasteiger partial charge in [0.2, 0.25) is 0 Å². The van der Waals surface area contributed by atoms with E-state index in [9.17, 15) is 0 Å². The highest BCUT2D eigenvalue weighted by molar-refractivity contribution is 4.76. The van der Waals surface area contributed by atoms with Crippen molar-refractivity contribution >= 4 is 0 Å². The van der Waals surface area contributed by atoms with Crippen LogP contribution in [0.4, 0.5) is 0 Å². The molecule has 0 aliphatic rings. The Kier molecular flexibility index (Phi) is 14.7. The van der Waals surface area contributed by atoms with Crippen LogP contribution in [0.15, 0.2) is 12.2 Å². The van der Waals surface area contributed by atoms with Crippen LogP contribution >= 0.6 is 0 Å². The molecule has 0 radical (unpaired) electrons. The van der Waals surface area contributed by atoms with Gasteiger partial charge in [-0.2, -0.15) is 5.26 Å². The van der Waals surface area contributed by atoms with Crippen molar-refractivity contribution < 1.29 is 0 Å². The Hall–Kier alpha value is -0.810. The van der Waals surface area contributed by atoms with E-state index >= 15 is 0 Å². The van der Waals surface area contributed by atoms with Gasteiger partial charge in [0.1, 0.15) is 0 Å². The van der Waals surface area contributed by atoms with Gasteiger partial charge in [-0.05, 0) is 27.3 Å². The summed E-state index contributed by atoms with van der Waals surface area (Å²) in [6.45, 7) is 8.99. The Balaban J connectivity index is 0. The molecule has 0 bridgehead atoms. The molecule has 0 aromatic carbocycles. The van der Waals surface area contributed by atoms with E-state index in [4.69, 9.17) is 5.26 Å². The smallest absolute Gasteiger partial charge is 0.0638 e. The fourth-order valence-electron chi connectivity index (χ4n) is 0.558. The van der Waals surface area contributed by atoms with Gasteiger partial charge >= 0.3 is 0 Å². The van der Waals surface area contributed by atoms with E-state index in [1.165, 1.54) is 0 Å². The maximum atomic E-state index is 8.17. The van der Waals surface area contributed by atoms with Crippen molar-refractivity contribution in [2.45, 2.75) is 40.2 Å². The van der Waals surface area contributed by atoms with E-state index in [2.05, 4.69) is 11.4 Å². The van der Waals surface area contributed by atoms with Gasteiger partial charge in [-0.25, -0.2) is 0 Å². The highest BCUT2D eigenvalue weighted by Crippen LogP contribution is 1.84. The molecule has 1 N–H and O–H groups in total. The molecule has 0 rings (SSSR count). The summed E-state index contributed by atoms with van der Waals surface area (Å²) in [7, 11) is 0. The second-order valence-corrected chi connectivity index (χ2v) is 2.49. The van der Waals surface area contributed by atoms with Crippen molar-refractivity contribution in [2.24, 2.45) is 0 Å². The number of allylic oxidation sites excluding steroid dienone is 2. The number of hydrogen-bond acceptors (Lipinski definition) is 2. The molecule has 0 amide bonds. The second kappa shape index (κ2) is 12.8. The molecule has 0 spiro atoms. The largest absolute Gasteiger partial charge is 0.314 e. The van der Waals surface area contributed by atoms with Crippen LogP contribution in [0, 0.1) is 11.3 Å². The molecule has 0 heterocycles. The number of hydrogen-bond donors (Lipinski definition) is 1. The maximum absolute atomic E-state index is 8.17. The molecular formula is C10H20N2. The van der Waals surface area contributed by atoms with Crippen molar-refractivity contribution in [1.29, 1.82) is 5.26 Å². The molecule has 1 unspecified atom stereocenters.